The molecule has 1 aromatic carbocycles. The molecule has 0 spiro atoms. The minimum atomic E-state index is -0.0907. The average Bonchev–Trinajstić information content (AvgIpc) is 2.44. The Kier molecular flexibility index (Phi) is 7.35. The highest BCUT2D eigenvalue weighted by molar-refractivity contribution is 5.94. The number of halogens is 1. The zero-order valence-corrected chi connectivity index (χ0v) is 13.8. The highest BCUT2D eigenvalue weighted by atomic mass is 35.5. The molecule has 1 atom stereocenters. The van der Waals surface area contributed by atoms with E-state index in [9.17, 15) is 9.59 Å². The van der Waals surface area contributed by atoms with E-state index in [1.807, 2.05) is 25.1 Å². The third-order valence-corrected chi connectivity index (χ3v) is 4.06. The summed E-state index contributed by atoms with van der Waals surface area (Å²) in [4.78, 5) is 23.6. The summed E-state index contributed by atoms with van der Waals surface area (Å²) in [6.07, 6.45) is 0.728. The number of rotatable bonds is 6. The van der Waals surface area contributed by atoms with Crippen LogP contribution in [0.4, 0.5) is 0 Å². The van der Waals surface area contributed by atoms with Gasteiger partial charge >= 0.3 is 0 Å². The molecule has 1 aromatic rings. The van der Waals surface area contributed by atoms with Crippen LogP contribution in [0.3, 0.4) is 0 Å². The van der Waals surface area contributed by atoms with Gasteiger partial charge in [-0.1, -0.05) is 19.1 Å². The lowest BCUT2D eigenvalue weighted by Gasteiger charge is -2.31. The van der Waals surface area contributed by atoms with Crippen molar-refractivity contribution in [3.63, 3.8) is 0 Å². The van der Waals surface area contributed by atoms with Gasteiger partial charge in [0, 0.05) is 25.1 Å². The monoisotopic (exact) mass is 325 g/mol. The van der Waals surface area contributed by atoms with Crippen molar-refractivity contribution >= 4 is 24.2 Å². The molecule has 0 bridgehead atoms. The molecule has 0 radical (unpaired) electrons. The smallest absolute Gasteiger partial charge is 0.251 e. The maximum atomic E-state index is 12.0. The van der Waals surface area contributed by atoms with Crippen LogP contribution in [-0.4, -0.2) is 38.5 Å². The van der Waals surface area contributed by atoms with Crippen molar-refractivity contribution < 1.29 is 9.59 Å². The molecule has 6 heteroatoms. The van der Waals surface area contributed by atoms with Gasteiger partial charge in [0.25, 0.3) is 5.91 Å². The number of benzene rings is 1. The van der Waals surface area contributed by atoms with Gasteiger partial charge in [0.15, 0.2) is 0 Å². The fourth-order valence-electron chi connectivity index (χ4n) is 2.38. The average molecular weight is 326 g/mol. The Bertz CT molecular complexity index is 518. The van der Waals surface area contributed by atoms with Gasteiger partial charge in [0.2, 0.25) is 5.91 Å². The van der Waals surface area contributed by atoms with Crippen molar-refractivity contribution in [1.82, 2.24) is 16.0 Å². The lowest BCUT2D eigenvalue weighted by molar-refractivity contribution is -0.126. The van der Waals surface area contributed by atoms with Crippen LogP contribution in [0.2, 0.25) is 0 Å². The van der Waals surface area contributed by atoms with Gasteiger partial charge in [0.1, 0.15) is 0 Å². The number of hydrogen-bond acceptors (Lipinski definition) is 3. The molecule has 1 unspecified atom stereocenters. The van der Waals surface area contributed by atoms with E-state index in [1.165, 1.54) is 0 Å². The Balaban J connectivity index is 0.00000242. The second-order valence-corrected chi connectivity index (χ2v) is 5.53. The number of carbonyl (C=O) groups is 2. The van der Waals surface area contributed by atoms with E-state index in [1.54, 1.807) is 13.1 Å². The van der Waals surface area contributed by atoms with Gasteiger partial charge < -0.3 is 16.0 Å². The first-order valence-corrected chi connectivity index (χ1v) is 7.41. The highest BCUT2D eigenvalue weighted by Gasteiger charge is 2.28. The van der Waals surface area contributed by atoms with Crippen LogP contribution in [0.5, 0.6) is 0 Å². The van der Waals surface area contributed by atoms with E-state index >= 15 is 0 Å². The van der Waals surface area contributed by atoms with E-state index in [0.29, 0.717) is 18.0 Å². The Labute approximate surface area is 137 Å². The molecule has 0 saturated carbocycles. The molecule has 5 nitrogen and oxygen atoms in total. The summed E-state index contributed by atoms with van der Waals surface area (Å²) in [6, 6.07) is 7.49. The first-order valence-electron chi connectivity index (χ1n) is 7.41. The second-order valence-electron chi connectivity index (χ2n) is 5.53. The van der Waals surface area contributed by atoms with Gasteiger partial charge in [-0.3, -0.25) is 9.59 Å². The number of carbonyl (C=O) groups excluding carboxylic acids is 2. The summed E-state index contributed by atoms with van der Waals surface area (Å²) in [5.41, 5.74) is 1.70. The molecule has 22 heavy (non-hydrogen) atoms. The SMILES string of the molecule is CNC(=O)c1cccc(CCNC(=O)C(C)C2CNC2)c1.Cl. The summed E-state index contributed by atoms with van der Waals surface area (Å²) in [5.74, 6) is 0.543. The maximum Gasteiger partial charge on any atom is 0.251 e. The summed E-state index contributed by atoms with van der Waals surface area (Å²) in [7, 11) is 1.62. The number of hydrogen-bond donors (Lipinski definition) is 3. The molecule has 1 fully saturated rings. The first kappa shape index (κ1) is 18.5. The van der Waals surface area contributed by atoms with Crippen molar-refractivity contribution in [1.29, 1.82) is 0 Å². The molecule has 3 N–H and O–H groups in total. The molecular formula is C16H24ClN3O2. The Morgan fingerprint density at radius 1 is 1.36 bits per heavy atom. The molecule has 2 amide bonds. The largest absolute Gasteiger partial charge is 0.356 e. The quantitative estimate of drug-likeness (QED) is 0.730. The van der Waals surface area contributed by atoms with Crippen molar-refractivity contribution in [3.8, 4) is 0 Å². The standard InChI is InChI=1S/C16H23N3O2.ClH/c1-11(14-9-18-10-14)15(20)19-7-6-12-4-3-5-13(8-12)16(21)17-2;/h3-5,8,11,14,18H,6-7,9-10H2,1-2H3,(H,17,21)(H,19,20);1H. The highest BCUT2D eigenvalue weighted by Crippen LogP contribution is 2.15. The van der Waals surface area contributed by atoms with Crippen molar-refractivity contribution in [2.45, 2.75) is 13.3 Å². The lowest BCUT2D eigenvalue weighted by atomic mass is 9.88. The van der Waals surface area contributed by atoms with Crippen molar-refractivity contribution in [2.24, 2.45) is 11.8 Å². The van der Waals surface area contributed by atoms with Crippen molar-refractivity contribution in [3.05, 3.63) is 35.4 Å². The molecule has 122 valence electrons. The zero-order valence-electron chi connectivity index (χ0n) is 13.0. The molecule has 2 rings (SSSR count). The first-order chi connectivity index (χ1) is 10.1. The van der Waals surface area contributed by atoms with Crippen LogP contribution in [0.25, 0.3) is 0 Å². The number of nitrogens with one attached hydrogen (secondary N) is 3. The van der Waals surface area contributed by atoms with E-state index < -0.39 is 0 Å². The van der Waals surface area contributed by atoms with Crippen LogP contribution in [0.1, 0.15) is 22.8 Å². The molecule has 0 aliphatic carbocycles. The topological polar surface area (TPSA) is 70.2 Å². The number of amides is 2. The Morgan fingerprint density at radius 2 is 2.09 bits per heavy atom. The molecular weight excluding hydrogens is 302 g/mol. The summed E-state index contributed by atoms with van der Waals surface area (Å²) in [6.45, 7) is 4.44. The van der Waals surface area contributed by atoms with Crippen LogP contribution in [0.15, 0.2) is 24.3 Å². The molecule has 0 aromatic heterocycles. The van der Waals surface area contributed by atoms with Crippen LogP contribution < -0.4 is 16.0 Å². The van der Waals surface area contributed by atoms with E-state index in [4.69, 9.17) is 0 Å². The minimum Gasteiger partial charge on any atom is -0.356 e. The van der Waals surface area contributed by atoms with Crippen LogP contribution in [0, 0.1) is 11.8 Å². The van der Waals surface area contributed by atoms with Gasteiger partial charge in [0.05, 0.1) is 0 Å². The lowest BCUT2D eigenvalue weighted by Crippen LogP contribution is -2.49. The Hall–Kier alpha value is -1.59. The van der Waals surface area contributed by atoms with E-state index in [0.717, 1.165) is 25.1 Å². The predicted molar refractivity (Wildman–Crippen MR) is 89.3 cm³/mol. The molecule has 1 heterocycles. The zero-order chi connectivity index (χ0) is 15.2. The van der Waals surface area contributed by atoms with E-state index in [-0.39, 0.29) is 30.1 Å². The fraction of sp³-hybridized carbons (Fsp3) is 0.500. The van der Waals surface area contributed by atoms with Gasteiger partial charge in [-0.25, -0.2) is 0 Å². The fourth-order valence-corrected chi connectivity index (χ4v) is 2.38. The summed E-state index contributed by atoms with van der Waals surface area (Å²) in [5, 5.41) is 8.77. The molecule has 1 saturated heterocycles. The van der Waals surface area contributed by atoms with Crippen LogP contribution in [-0.2, 0) is 11.2 Å². The van der Waals surface area contributed by atoms with Gasteiger partial charge in [-0.2, -0.15) is 0 Å². The second kappa shape index (κ2) is 8.76. The summed E-state index contributed by atoms with van der Waals surface area (Å²) < 4.78 is 0. The van der Waals surface area contributed by atoms with Crippen molar-refractivity contribution in [2.75, 3.05) is 26.7 Å². The maximum absolute atomic E-state index is 12.0. The Morgan fingerprint density at radius 3 is 2.68 bits per heavy atom. The molecule has 1 aliphatic heterocycles. The van der Waals surface area contributed by atoms with Crippen LogP contribution >= 0.6 is 12.4 Å². The molecule has 1 aliphatic rings. The third-order valence-electron chi connectivity index (χ3n) is 4.06. The summed E-state index contributed by atoms with van der Waals surface area (Å²) >= 11 is 0. The normalized spacial score (nSPS) is 15.2. The predicted octanol–water partition coefficient (Wildman–Crippen LogP) is 0.982. The minimum absolute atomic E-state index is 0. The van der Waals surface area contributed by atoms with Gasteiger partial charge in [-0.05, 0) is 43.1 Å². The third kappa shape index (κ3) is 4.71. The van der Waals surface area contributed by atoms with Gasteiger partial charge in [-0.15, -0.1) is 12.4 Å². The van der Waals surface area contributed by atoms with E-state index in [2.05, 4.69) is 16.0 Å².